The van der Waals surface area contributed by atoms with Crippen LogP contribution in [-0.4, -0.2) is 11.0 Å². The Balaban J connectivity index is 2.04. The Morgan fingerprint density at radius 3 is 2.85 bits per heavy atom. The molecule has 1 saturated carbocycles. The first-order chi connectivity index (χ1) is 9.40. The van der Waals surface area contributed by atoms with E-state index in [0.717, 1.165) is 5.56 Å². The molecule has 0 radical (unpaired) electrons. The second kappa shape index (κ2) is 6.22. The van der Waals surface area contributed by atoms with Gasteiger partial charge < -0.3 is 5.32 Å². The molecule has 20 heavy (non-hydrogen) atoms. The molecule has 1 atom stereocenters. The van der Waals surface area contributed by atoms with E-state index in [1.807, 2.05) is 6.07 Å². The van der Waals surface area contributed by atoms with Crippen LogP contribution in [0.3, 0.4) is 0 Å². The molecule has 0 aliphatic heterocycles. The smallest absolute Gasteiger partial charge is 0.283 e. The van der Waals surface area contributed by atoms with Crippen molar-refractivity contribution in [3.63, 3.8) is 0 Å². The maximum absolute atomic E-state index is 10.9. The molecule has 1 unspecified atom stereocenters. The highest BCUT2D eigenvalue weighted by molar-refractivity contribution is 9.10. The van der Waals surface area contributed by atoms with Crippen molar-refractivity contribution in [3.05, 3.63) is 38.3 Å². The molecule has 1 aliphatic carbocycles. The minimum atomic E-state index is -0.349. The molecule has 2 rings (SSSR count). The van der Waals surface area contributed by atoms with E-state index < -0.39 is 0 Å². The van der Waals surface area contributed by atoms with Gasteiger partial charge in [0.05, 0.1) is 9.40 Å². The largest absolute Gasteiger partial charge is 0.309 e. The molecule has 1 aromatic rings. The molecule has 0 spiro atoms. The molecule has 0 saturated heterocycles. The lowest BCUT2D eigenvalue weighted by Crippen LogP contribution is -2.43. The first kappa shape index (κ1) is 15.4. The molecule has 4 nitrogen and oxygen atoms in total. The first-order valence-corrected chi connectivity index (χ1v) is 7.86. The van der Waals surface area contributed by atoms with Gasteiger partial charge in [-0.15, -0.1) is 0 Å². The quantitative estimate of drug-likeness (QED) is 0.652. The zero-order valence-electron chi connectivity index (χ0n) is 12.0. The molecule has 0 heterocycles. The summed E-state index contributed by atoms with van der Waals surface area (Å²) in [6.07, 6.45) is 4.99. The second-order valence-electron chi connectivity index (χ2n) is 6.21. The van der Waals surface area contributed by atoms with Crippen LogP contribution in [0.5, 0.6) is 0 Å². The minimum absolute atomic E-state index is 0.132. The average molecular weight is 341 g/mol. The second-order valence-corrected chi connectivity index (χ2v) is 7.07. The third-order valence-corrected chi connectivity index (χ3v) is 4.94. The predicted molar refractivity (Wildman–Crippen MR) is 83.7 cm³/mol. The number of hydrogen-bond donors (Lipinski definition) is 1. The van der Waals surface area contributed by atoms with Crippen LogP contribution >= 0.6 is 15.9 Å². The molecule has 5 heteroatoms. The van der Waals surface area contributed by atoms with Crippen molar-refractivity contribution >= 4 is 21.6 Å². The molecule has 110 valence electrons. The summed E-state index contributed by atoms with van der Waals surface area (Å²) in [6, 6.07) is 5.81. The lowest BCUT2D eigenvalue weighted by Gasteiger charge is -2.39. The topological polar surface area (TPSA) is 55.2 Å². The van der Waals surface area contributed by atoms with Gasteiger partial charge in [0.25, 0.3) is 5.69 Å². The first-order valence-electron chi connectivity index (χ1n) is 7.06. The highest BCUT2D eigenvalue weighted by Gasteiger charge is 2.31. The zero-order valence-corrected chi connectivity index (χ0v) is 13.6. The van der Waals surface area contributed by atoms with Gasteiger partial charge in [-0.25, -0.2) is 0 Å². The summed E-state index contributed by atoms with van der Waals surface area (Å²) in [5.74, 6) is 0. The SMILES string of the molecule is CC1(C)CCCCC1NCc1ccc(Br)c([N+](=O)[O-])c1. The maximum Gasteiger partial charge on any atom is 0.283 e. The van der Waals surface area contributed by atoms with Crippen molar-refractivity contribution in [3.8, 4) is 0 Å². The van der Waals surface area contributed by atoms with Gasteiger partial charge >= 0.3 is 0 Å². The van der Waals surface area contributed by atoms with Crippen LogP contribution in [0.2, 0.25) is 0 Å². The van der Waals surface area contributed by atoms with Gasteiger partial charge in [0.2, 0.25) is 0 Å². The van der Waals surface area contributed by atoms with E-state index in [1.54, 1.807) is 12.1 Å². The fourth-order valence-electron chi connectivity index (χ4n) is 2.92. The summed E-state index contributed by atoms with van der Waals surface area (Å²) in [7, 11) is 0. The predicted octanol–water partition coefficient (Wildman–Crippen LogP) is 4.42. The summed E-state index contributed by atoms with van der Waals surface area (Å²) in [6.45, 7) is 5.28. The number of hydrogen-bond acceptors (Lipinski definition) is 3. The summed E-state index contributed by atoms with van der Waals surface area (Å²) in [5.41, 5.74) is 1.40. The van der Waals surface area contributed by atoms with Crippen molar-refractivity contribution in [2.75, 3.05) is 0 Å². The van der Waals surface area contributed by atoms with Crippen molar-refractivity contribution in [1.29, 1.82) is 0 Å². The van der Waals surface area contributed by atoms with Gasteiger partial charge in [-0.2, -0.15) is 0 Å². The Labute approximate surface area is 128 Å². The number of halogens is 1. The molecular formula is C15H21BrN2O2. The van der Waals surface area contributed by atoms with E-state index in [1.165, 1.54) is 25.7 Å². The average Bonchev–Trinajstić information content (AvgIpc) is 2.38. The minimum Gasteiger partial charge on any atom is -0.309 e. The van der Waals surface area contributed by atoms with Crippen LogP contribution < -0.4 is 5.32 Å². The van der Waals surface area contributed by atoms with E-state index in [2.05, 4.69) is 35.1 Å². The van der Waals surface area contributed by atoms with Crippen LogP contribution in [-0.2, 0) is 6.54 Å². The number of nitrogens with zero attached hydrogens (tertiary/aromatic N) is 1. The summed E-state index contributed by atoms with van der Waals surface area (Å²) in [4.78, 5) is 10.6. The van der Waals surface area contributed by atoms with Crippen LogP contribution in [0.15, 0.2) is 22.7 Å². The van der Waals surface area contributed by atoms with Crippen molar-refractivity contribution in [2.24, 2.45) is 5.41 Å². The molecule has 0 bridgehead atoms. The van der Waals surface area contributed by atoms with Crippen molar-refractivity contribution in [1.82, 2.24) is 5.32 Å². The van der Waals surface area contributed by atoms with Gasteiger partial charge in [-0.3, -0.25) is 10.1 Å². The van der Waals surface area contributed by atoms with Gasteiger partial charge in [0.15, 0.2) is 0 Å². The monoisotopic (exact) mass is 340 g/mol. The number of benzene rings is 1. The van der Waals surface area contributed by atoms with E-state index >= 15 is 0 Å². The van der Waals surface area contributed by atoms with Gasteiger partial charge in [-0.05, 0) is 45.8 Å². The number of nitro groups is 1. The molecule has 1 fully saturated rings. The highest BCUT2D eigenvalue weighted by atomic mass is 79.9. The lowest BCUT2D eigenvalue weighted by atomic mass is 9.73. The zero-order chi connectivity index (χ0) is 14.8. The Bertz CT molecular complexity index is 503. The van der Waals surface area contributed by atoms with Crippen LogP contribution in [0, 0.1) is 15.5 Å². The molecule has 1 N–H and O–H groups in total. The van der Waals surface area contributed by atoms with Crippen molar-refractivity contribution in [2.45, 2.75) is 52.1 Å². The molecule has 0 aromatic heterocycles. The Kier molecular flexibility index (Phi) is 4.81. The van der Waals surface area contributed by atoms with E-state index in [-0.39, 0.29) is 10.6 Å². The van der Waals surface area contributed by atoms with Gasteiger partial charge in [0.1, 0.15) is 0 Å². The van der Waals surface area contributed by atoms with Crippen LogP contribution in [0.1, 0.15) is 45.1 Å². The number of rotatable bonds is 4. The summed E-state index contributed by atoms with van der Waals surface area (Å²) < 4.78 is 0.532. The fourth-order valence-corrected chi connectivity index (χ4v) is 3.31. The standard InChI is InChI=1S/C15H21BrN2O2/c1-15(2)8-4-3-5-14(15)17-10-11-6-7-12(16)13(9-11)18(19)20/h6-7,9,14,17H,3-5,8,10H2,1-2H3. The molecule has 1 aliphatic rings. The van der Waals surface area contributed by atoms with E-state index in [0.29, 0.717) is 22.5 Å². The maximum atomic E-state index is 10.9. The Morgan fingerprint density at radius 1 is 1.45 bits per heavy atom. The van der Waals surface area contributed by atoms with Crippen molar-refractivity contribution < 1.29 is 4.92 Å². The van der Waals surface area contributed by atoms with Crippen LogP contribution in [0.4, 0.5) is 5.69 Å². The Morgan fingerprint density at radius 2 is 2.20 bits per heavy atom. The molecule has 0 amide bonds. The highest BCUT2D eigenvalue weighted by Crippen LogP contribution is 2.35. The molecular weight excluding hydrogens is 320 g/mol. The summed E-state index contributed by atoms with van der Waals surface area (Å²) in [5, 5.41) is 14.5. The number of nitrogens with one attached hydrogen (secondary N) is 1. The normalized spacial score (nSPS) is 21.6. The third-order valence-electron chi connectivity index (χ3n) is 4.27. The van der Waals surface area contributed by atoms with Crippen LogP contribution in [0.25, 0.3) is 0 Å². The van der Waals surface area contributed by atoms with Gasteiger partial charge in [-0.1, -0.05) is 32.8 Å². The number of nitro benzene ring substituents is 1. The van der Waals surface area contributed by atoms with Gasteiger partial charge in [0, 0.05) is 18.7 Å². The van der Waals surface area contributed by atoms with E-state index in [9.17, 15) is 10.1 Å². The van der Waals surface area contributed by atoms with E-state index in [4.69, 9.17) is 0 Å². The molecule has 1 aromatic carbocycles. The lowest BCUT2D eigenvalue weighted by molar-refractivity contribution is -0.385. The third kappa shape index (κ3) is 3.58. The summed E-state index contributed by atoms with van der Waals surface area (Å²) >= 11 is 3.21. The Hall–Kier alpha value is -0.940. The fraction of sp³-hybridized carbons (Fsp3) is 0.600.